The molecular weight excluding hydrogens is 318 g/mol. The molecule has 0 aliphatic heterocycles. The number of H-pyrrole nitrogens is 1. The maximum atomic E-state index is 12.6. The van der Waals surface area contributed by atoms with Crippen molar-refractivity contribution < 1.29 is 4.79 Å². The molecule has 0 amide bonds. The van der Waals surface area contributed by atoms with E-state index in [1.54, 1.807) is 6.20 Å². The van der Waals surface area contributed by atoms with Gasteiger partial charge in [-0.3, -0.25) is 4.79 Å². The molecule has 0 aliphatic carbocycles. The number of fused-ring (bicyclic) bond motifs is 1. The predicted molar refractivity (Wildman–Crippen MR) is 96.5 cm³/mol. The summed E-state index contributed by atoms with van der Waals surface area (Å²) in [6.45, 7) is 5.81. The standard InChI is InChI=1S/C19H17N3OS/c1-11-12(2)15(8-20)19(22-13(11)3)24-10-18(23)16-9-21-17-7-5-4-6-14(16)17/h4-7,9,21H,10H2,1-3H3. The highest BCUT2D eigenvalue weighted by molar-refractivity contribution is 8.00. The Labute approximate surface area is 144 Å². The summed E-state index contributed by atoms with van der Waals surface area (Å²) < 4.78 is 0. The molecule has 2 heterocycles. The minimum Gasteiger partial charge on any atom is -0.360 e. The SMILES string of the molecule is Cc1nc(SCC(=O)c2c[nH]c3ccccc23)c(C#N)c(C)c1C. The Hall–Kier alpha value is -2.58. The molecule has 0 unspecified atom stereocenters. The minimum atomic E-state index is 0.0269. The fraction of sp³-hybridized carbons (Fsp3) is 0.211. The van der Waals surface area contributed by atoms with Crippen molar-refractivity contribution in [1.29, 1.82) is 5.26 Å². The topological polar surface area (TPSA) is 69.5 Å². The molecule has 120 valence electrons. The zero-order valence-electron chi connectivity index (χ0n) is 13.8. The lowest BCUT2D eigenvalue weighted by Gasteiger charge is -2.10. The number of benzene rings is 1. The van der Waals surface area contributed by atoms with Crippen LogP contribution in [0.5, 0.6) is 0 Å². The maximum Gasteiger partial charge on any atom is 0.175 e. The summed E-state index contributed by atoms with van der Waals surface area (Å²) >= 11 is 1.33. The average molecular weight is 335 g/mol. The number of aromatic amines is 1. The van der Waals surface area contributed by atoms with Gasteiger partial charge in [0.05, 0.1) is 11.3 Å². The van der Waals surface area contributed by atoms with E-state index in [9.17, 15) is 10.1 Å². The van der Waals surface area contributed by atoms with Crippen LogP contribution >= 0.6 is 11.8 Å². The van der Waals surface area contributed by atoms with Crippen LogP contribution in [0.25, 0.3) is 10.9 Å². The summed E-state index contributed by atoms with van der Waals surface area (Å²) in [5.41, 5.74) is 5.05. The van der Waals surface area contributed by atoms with E-state index in [0.717, 1.165) is 27.7 Å². The number of ketones is 1. The van der Waals surface area contributed by atoms with Gasteiger partial charge in [0.15, 0.2) is 5.78 Å². The molecule has 0 radical (unpaired) electrons. The fourth-order valence-corrected chi connectivity index (χ4v) is 3.63. The molecule has 0 atom stereocenters. The van der Waals surface area contributed by atoms with Gasteiger partial charge in [0.25, 0.3) is 0 Å². The summed E-state index contributed by atoms with van der Waals surface area (Å²) in [6.07, 6.45) is 1.75. The molecule has 3 rings (SSSR count). The number of pyridine rings is 1. The number of carbonyl (C=O) groups is 1. The minimum absolute atomic E-state index is 0.0269. The Morgan fingerprint density at radius 1 is 1.25 bits per heavy atom. The number of aryl methyl sites for hydroxylation is 1. The fourth-order valence-electron chi connectivity index (χ4n) is 2.66. The van der Waals surface area contributed by atoms with Crippen molar-refractivity contribution in [2.24, 2.45) is 0 Å². The molecule has 1 N–H and O–H groups in total. The molecule has 0 saturated carbocycles. The lowest BCUT2D eigenvalue weighted by molar-refractivity contribution is 0.102. The first-order valence-corrected chi connectivity index (χ1v) is 8.61. The summed E-state index contributed by atoms with van der Waals surface area (Å²) in [5, 5.41) is 11.0. The van der Waals surface area contributed by atoms with Gasteiger partial charge in [0.1, 0.15) is 11.1 Å². The first kappa shape index (κ1) is 16.3. The molecular formula is C19H17N3OS. The molecule has 1 aromatic carbocycles. The first-order chi connectivity index (χ1) is 11.5. The van der Waals surface area contributed by atoms with Crippen molar-refractivity contribution in [2.45, 2.75) is 25.8 Å². The van der Waals surface area contributed by atoms with E-state index in [0.29, 0.717) is 16.2 Å². The van der Waals surface area contributed by atoms with Crippen molar-refractivity contribution in [3.05, 3.63) is 58.4 Å². The molecule has 2 aromatic heterocycles. The van der Waals surface area contributed by atoms with Gasteiger partial charge < -0.3 is 4.98 Å². The van der Waals surface area contributed by atoms with Crippen molar-refractivity contribution in [3.63, 3.8) is 0 Å². The zero-order valence-corrected chi connectivity index (χ0v) is 14.6. The van der Waals surface area contributed by atoms with Crippen LogP contribution < -0.4 is 0 Å². The highest BCUT2D eigenvalue weighted by Crippen LogP contribution is 2.28. The number of nitrogens with one attached hydrogen (secondary N) is 1. The molecule has 0 aliphatic rings. The second-order valence-electron chi connectivity index (χ2n) is 5.70. The second kappa shape index (κ2) is 6.50. The van der Waals surface area contributed by atoms with Gasteiger partial charge in [0.2, 0.25) is 0 Å². The molecule has 3 aromatic rings. The Balaban J connectivity index is 1.86. The van der Waals surface area contributed by atoms with Gasteiger partial charge >= 0.3 is 0 Å². The summed E-state index contributed by atoms with van der Waals surface area (Å²) in [5.74, 6) is 0.282. The van der Waals surface area contributed by atoms with Crippen LogP contribution in [0.4, 0.5) is 0 Å². The van der Waals surface area contributed by atoms with Crippen LogP contribution in [0.3, 0.4) is 0 Å². The Morgan fingerprint density at radius 2 is 2.00 bits per heavy atom. The predicted octanol–water partition coefficient (Wildman–Crippen LogP) is 4.33. The van der Waals surface area contributed by atoms with Crippen LogP contribution in [0.2, 0.25) is 0 Å². The number of thioether (sulfide) groups is 1. The van der Waals surface area contributed by atoms with Gasteiger partial charge in [0, 0.05) is 28.4 Å². The van der Waals surface area contributed by atoms with Gasteiger partial charge in [-0.05, 0) is 38.0 Å². The number of carbonyl (C=O) groups excluding carboxylic acids is 1. The monoisotopic (exact) mass is 335 g/mol. The molecule has 5 heteroatoms. The molecule has 24 heavy (non-hydrogen) atoms. The Bertz CT molecular complexity index is 982. The third-order valence-corrected chi connectivity index (χ3v) is 5.28. The smallest absolute Gasteiger partial charge is 0.175 e. The summed E-state index contributed by atoms with van der Waals surface area (Å²) in [4.78, 5) is 20.2. The largest absolute Gasteiger partial charge is 0.360 e. The quantitative estimate of drug-likeness (QED) is 0.569. The average Bonchev–Trinajstić information content (AvgIpc) is 3.02. The van der Waals surface area contributed by atoms with Crippen molar-refractivity contribution in [3.8, 4) is 6.07 Å². The van der Waals surface area contributed by atoms with E-state index in [4.69, 9.17) is 0 Å². The van der Waals surface area contributed by atoms with Crippen molar-refractivity contribution >= 4 is 28.4 Å². The number of para-hydroxylation sites is 1. The number of aromatic nitrogens is 2. The lowest BCUT2D eigenvalue weighted by Crippen LogP contribution is -2.04. The number of nitrogens with zero attached hydrogens (tertiary/aromatic N) is 2. The highest BCUT2D eigenvalue weighted by Gasteiger charge is 2.16. The van der Waals surface area contributed by atoms with Gasteiger partial charge in [-0.25, -0.2) is 4.98 Å². The Morgan fingerprint density at radius 3 is 2.75 bits per heavy atom. The highest BCUT2D eigenvalue weighted by atomic mass is 32.2. The first-order valence-electron chi connectivity index (χ1n) is 7.63. The van der Waals surface area contributed by atoms with Crippen molar-refractivity contribution in [2.75, 3.05) is 5.75 Å². The van der Waals surface area contributed by atoms with Gasteiger partial charge in [-0.2, -0.15) is 5.26 Å². The van der Waals surface area contributed by atoms with E-state index in [1.807, 2.05) is 45.0 Å². The van der Waals surface area contributed by atoms with E-state index in [-0.39, 0.29) is 11.5 Å². The van der Waals surface area contributed by atoms with Gasteiger partial charge in [-0.15, -0.1) is 0 Å². The molecule has 0 bridgehead atoms. The number of Topliss-reactive ketones (excluding diaryl/α,β-unsaturated/α-hetero) is 1. The van der Waals surface area contributed by atoms with Crippen LogP contribution in [0.1, 0.15) is 32.7 Å². The zero-order chi connectivity index (χ0) is 17.3. The number of rotatable bonds is 4. The Kier molecular flexibility index (Phi) is 4.41. The molecule has 4 nitrogen and oxygen atoms in total. The molecule has 0 fully saturated rings. The normalized spacial score (nSPS) is 10.8. The van der Waals surface area contributed by atoms with E-state index in [2.05, 4.69) is 16.0 Å². The summed E-state index contributed by atoms with van der Waals surface area (Å²) in [7, 11) is 0. The van der Waals surface area contributed by atoms with Crippen LogP contribution in [0, 0.1) is 32.1 Å². The van der Waals surface area contributed by atoms with Crippen LogP contribution in [0.15, 0.2) is 35.5 Å². The van der Waals surface area contributed by atoms with Crippen LogP contribution in [-0.2, 0) is 0 Å². The summed E-state index contributed by atoms with van der Waals surface area (Å²) in [6, 6.07) is 9.95. The number of hydrogen-bond donors (Lipinski definition) is 1. The van der Waals surface area contributed by atoms with E-state index < -0.39 is 0 Å². The van der Waals surface area contributed by atoms with E-state index >= 15 is 0 Å². The van der Waals surface area contributed by atoms with Crippen molar-refractivity contribution in [1.82, 2.24) is 9.97 Å². The van der Waals surface area contributed by atoms with Crippen LogP contribution in [-0.4, -0.2) is 21.5 Å². The van der Waals surface area contributed by atoms with Gasteiger partial charge in [-0.1, -0.05) is 30.0 Å². The molecule has 0 spiro atoms. The third-order valence-electron chi connectivity index (χ3n) is 4.30. The maximum absolute atomic E-state index is 12.6. The lowest BCUT2D eigenvalue weighted by atomic mass is 10.1. The molecule has 0 saturated heterocycles. The van der Waals surface area contributed by atoms with E-state index in [1.165, 1.54) is 11.8 Å². The number of nitriles is 1. The number of hydrogen-bond acceptors (Lipinski definition) is 4. The second-order valence-corrected chi connectivity index (χ2v) is 6.66. The third kappa shape index (κ3) is 2.81.